The molecule has 3 atom stereocenters. The van der Waals surface area contributed by atoms with Crippen LogP contribution in [0.5, 0.6) is 0 Å². The number of halogens is 2. The van der Waals surface area contributed by atoms with Crippen LogP contribution < -0.4 is 10.6 Å². The Labute approximate surface area is 285 Å². The molecule has 1 aliphatic heterocycles. The van der Waals surface area contributed by atoms with Gasteiger partial charge in [-0.3, -0.25) is 14.4 Å². The lowest BCUT2D eigenvalue weighted by atomic mass is 9.85. The standard InChI is InChI=1S/C35H50BrFN4O4S/c1-23-29(46-22-39-23)25-13-14-26(24(18-25)12-10-8-6-5-7-9-11-17-36)20-38-31(43)28-19-27(42)21-41(28)32(44)30(34(2,3)4)40-33(45)35(37)15-16-35/h13-14,18,22,27-28,30,42H,5-12,15-17,19-21H2,1-4H3,(H,38,43)(H,40,45)/t27-,28+,30?/m1/s1. The fraction of sp³-hybridized carbons (Fsp3) is 0.657. The minimum Gasteiger partial charge on any atom is -0.391 e. The van der Waals surface area contributed by atoms with Gasteiger partial charge in [-0.1, -0.05) is 80.9 Å². The van der Waals surface area contributed by atoms with Gasteiger partial charge in [0.2, 0.25) is 11.8 Å². The van der Waals surface area contributed by atoms with E-state index < -0.39 is 41.1 Å². The van der Waals surface area contributed by atoms with E-state index in [1.807, 2.05) is 12.4 Å². The lowest BCUT2D eigenvalue weighted by Crippen LogP contribution is -2.59. The number of aromatic nitrogens is 1. The number of carbonyl (C=O) groups is 3. The molecule has 2 heterocycles. The minimum absolute atomic E-state index is 0.0234. The Kier molecular flexibility index (Phi) is 12.8. The van der Waals surface area contributed by atoms with Crippen molar-refractivity contribution in [3.63, 3.8) is 0 Å². The number of nitrogens with one attached hydrogen (secondary N) is 2. The largest absolute Gasteiger partial charge is 0.391 e. The number of rotatable bonds is 16. The van der Waals surface area contributed by atoms with Crippen molar-refractivity contribution in [2.45, 2.75) is 129 Å². The Morgan fingerprint density at radius 2 is 1.78 bits per heavy atom. The first kappa shape index (κ1) is 36.5. The average molecular weight is 722 g/mol. The average Bonchev–Trinajstić information content (AvgIpc) is 3.42. The Balaban J connectivity index is 1.43. The number of alkyl halides is 2. The maximum atomic E-state index is 14.5. The van der Waals surface area contributed by atoms with Crippen LogP contribution in [-0.4, -0.2) is 68.4 Å². The molecule has 2 aromatic rings. The summed E-state index contributed by atoms with van der Waals surface area (Å²) in [5, 5.41) is 17.2. The van der Waals surface area contributed by atoms with E-state index in [4.69, 9.17) is 0 Å². The van der Waals surface area contributed by atoms with Crippen LogP contribution >= 0.6 is 27.3 Å². The quantitative estimate of drug-likeness (QED) is 0.137. The van der Waals surface area contributed by atoms with Crippen LogP contribution in [0.1, 0.15) is 102 Å². The molecule has 0 spiro atoms. The molecule has 3 amide bonds. The number of hydrogen-bond acceptors (Lipinski definition) is 6. The first-order valence-corrected chi connectivity index (χ1v) is 18.7. The zero-order valence-electron chi connectivity index (χ0n) is 27.7. The van der Waals surface area contributed by atoms with E-state index in [0.717, 1.165) is 46.3 Å². The molecule has 4 rings (SSSR count). The van der Waals surface area contributed by atoms with Crippen LogP contribution in [0.4, 0.5) is 4.39 Å². The summed E-state index contributed by atoms with van der Waals surface area (Å²) >= 11 is 5.11. The van der Waals surface area contributed by atoms with E-state index in [1.165, 1.54) is 42.6 Å². The summed E-state index contributed by atoms with van der Waals surface area (Å²) in [5.41, 5.74) is 3.51. The number of likely N-dealkylation sites (tertiary alicyclic amines) is 1. The number of amides is 3. The molecule has 1 aliphatic carbocycles. The highest BCUT2D eigenvalue weighted by Crippen LogP contribution is 2.40. The molecule has 1 unspecified atom stereocenters. The number of β-amino-alcohol motifs (C(OH)–C–C–N with tert-alkyl or cyclic N) is 1. The summed E-state index contributed by atoms with van der Waals surface area (Å²) < 4.78 is 14.5. The van der Waals surface area contributed by atoms with Crippen molar-refractivity contribution in [2.75, 3.05) is 11.9 Å². The van der Waals surface area contributed by atoms with Gasteiger partial charge in [-0.15, -0.1) is 11.3 Å². The van der Waals surface area contributed by atoms with Crippen molar-refractivity contribution < 1.29 is 23.9 Å². The second-order valence-corrected chi connectivity index (χ2v) is 15.7. The Morgan fingerprint density at radius 3 is 2.39 bits per heavy atom. The fourth-order valence-corrected chi connectivity index (χ4v) is 7.26. The molecular formula is C35H50BrFN4O4S. The highest BCUT2D eigenvalue weighted by molar-refractivity contribution is 9.09. The Hall–Kier alpha value is -2.37. The van der Waals surface area contributed by atoms with Crippen LogP contribution in [0.25, 0.3) is 10.4 Å². The monoisotopic (exact) mass is 720 g/mol. The molecule has 1 saturated carbocycles. The topological polar surface area (TPSA) is 112 Å². The lowest BCUT2D eigenvalue weighted by molar-refractivity contribution is -0.145. The molecule has 254 valence electrons. The van der Waals surface area contributed by atoms with Crippen LogP contribution in [0, 0.1) is 12.3 Å². The van der Waals surface area contributed by atoms with E-state index in [2.05, 4.69) is 49.7 Å². The van der Waals surface area contributed by atoms with E-state index >= 15 is 0 Å². The van der Waals surface area contributed by atoms with Crippen molar-refractivity contribution in [3.05, 3.63) is 40.5 Å². The van der Waals surface area contributed by atoms with Gasteiger partial charge in [0.25, 0.3) is 5.91 Å². The number of unbranched alkanes of at least 4 members (excludes halogenated alkanes) is 6. The van der Waals surface area contributed by atoms with Crippen LogP contribution in [0.15, 0.2) is 23.7 Å². The predicted octanol–water partition coefficient (Wildman–Crippen LogP) is 6.40. The highest BCUT2D eigenvalue weighted by Gasteiger charge is 2.53. The molecular weight excluding hydrogens is 671 g/mol. The van der Waals surface area contributed by atoms with Gasteiger partial charge in [-0.05, 0) is 67.2 Å². The molecule has 0 radical (unpaired) electrons. The molecule has 1 saturated heterocycles. The minimum atomic E-state index is -1.93. The molecule has 2 aliphatic rings. The number of aryl methyl sites for hydroxylation is 2. The van der Waals surface area contributed by atoms with Crippen molar-refractivity contribution in [2.24, 2.45) is 5.41 Å². The predicted molar refractivity (Wildman–Crippen MR) is 185 cm³/mol. The molecule has 3 N–H and O–H groups in total. The molecule has 8 nitrogen and oxygen atoms in total. The number of aliphatic hydroxyl groups excluding tert-OH is 1. The SMILES string of the molecule is Cc1ncsc1-c1ccc(CNC(=O)[C@@H]2C[C@@H](O)CN2C(=O)C(NC(=O)C2(F)CC2)C(C)(C)C)c(CCCCCCCCCBr)c1. The third-order valence-electron chi connectivity index (χ3n) is 9.10. The summed E-state index contributed by atoms with van der Waals surface area (Å²) in [6.07, 6.45) is 8.80. The first-order valence-electron chi connectivity index (χ1n) is 16.7. The number of aliphatic hydroxyl groups is 1. The van der Waals surface area contributed by atoms with Crippen molar-refractivity contribution in [1.29, 1.82) is 0 Å². The third-order valence-corrected chi connectivity index (χ3v) is 10.6. The summed E-state index contributed by atoms with van der Waals surface area (Å²) in [7, 11) is 0. The van der Waals surface area contributed by atoms with Gasteiger partial charge in [0.05, 0.1) is 22.2 Å². The number of hydrogen-bond donors (Lipinski definition) is 3. The number of carbonyl (C=O) groups excluding carboxylic acids is 3. The molecule has 11 heteroatoms. The van der Waals surface area contributed by atoms with Crippen molar-refractivity contribution in [1.82, 2.24) is 20.5 Å². The van der Waals surface area contributed by atoms with Crippen LogP contribution in [-0.2, 0) is 27.3 Å². The summed E-state index contributed by atoms with van der Waals surface area (Å²) in [5.74, 6) is -1.63. The van der Waals surface area contributed by atoms with E-state index in [9.17, 15) is 23.9 Å². The van der Waals surface area contributed by atoms with Gasteiger partial charge in [-0.25, -0.2) is 9.37 Å². The van der Waals surface area contributed by atoms with Gasteiger partial charge >= 0.3 is 0 Å². The molecule has 2 fully saturated rings. The Morgan fingerprint density at radius 1 is 1.11 bits per heavy atom. The van der Waals surface area contributed by atoms with E-state index in [1.54, 1.807) is 32.1 Å². The molecule has 1 aromatic carbocycles. The Bertz CT molecular complexity index is 1360. The van der Waals surface area contributed by atoms with Gasteiger partial charge in [0.15, 0.2) is 5.67 Å². The third kappa shape index (κ3) is 9.60. The maximum Gasteiger partial charge on any atom is 0.258 e. The smallest absolute Gasteiger partial charge is 0.258 e. The summed E-state index contributed by atoms with van der Waals surface area (Å²) in [6, 6.07) is 4.41. The van der Waals surface area contributed by atoms with Crippen molar-refractivity contribution >= 4 is 45.0 Å². The first-order chi connectivity index (χ1) is 21.8. The number of benzene rings is 1. The molecule has 0 bridgehead atoms. The van der Waals surface area contributed by atoms with E-state index in [-0.39, 0.29) is 31.7 Å². The zero-order valence-corrected chi connectivity index (χ0v) is 30.1. The number of thiazole rings is 1. The highest BCUT2D eigenvalue weighted by atomic mass is 79.9. The van der Waals surface area contributed by atoms with E-state index in [0.29, 0.717) is 6.54 Å². The fourth-order valence-electron chi connectivity index (χ4n) is 6.06. The maximum absolute atomic E-state index is 14.5. The van der Waals surface area contributed by atoms with Crippen LogP contribution in [0.2, 0.25) is 0 Å². The van der Waals surface area contributed by atoms with Gasteiger partial charge in [0.1, 0.15) is 12.1 Å². The summed E-state index contributed by atoms with van der Waals surface area (Å²) in [6.45, 7) is 7.65. The van der Waals surface area contributed by atoms with Gasteiger partial charge < -0.3 is 20.6 Å². The molecule has 46 heavy (non-hydrogen) atoms. The van der Waals surface area contributed by atoms with Crippen LogP contribution in [0.3, 0.4) is 0 Å². The second kappa shape index (κ2) is 16.2. The number of nitrogens with zero attached hydrogens (tertiary/aromatic N) is 2. The zero-order chi connectivity index (χ0) is 33.5. The second-order valence-electron chi connectivity index (χ2n) is 14.0. The van der Waals surface area contributed by atoms with Gasteiger partial charge in [-0.2, -0.15) is 0 Å². The lowest BCUT2D eigenvalue weighted by Gasteiger charge is -2.35. The normalized spacial score (nSPS) is 19.6. The van der Waals surface area contributed by atoms with Crippen molar-refractivity contribution in [3.8, 4) is 10.4 Å². The molecule has 1 aromatic heterocycles. The van der Waals surface area contributed by atoms with Gasteiger partial charge in [0, 0.05) is 24.8 Å². The summed E-state index contributed by atoms with van der Waals surface area (Å²) in [4.78, 5) is 46.8.